The van der Waals surface area contributed by atoms with E-state index in [1.165, 1.54) is 0 Å². The first kappa shape index (κ1) is 17.2. The Hall–Kier alpha value is -0.850. The maximum absolute atomic E-state index is 11.7. The average molecular weight is 288 g/mol. The molecule has 1 rings (SSSR count). The van der Waals surface area contributed by atoms with Gasteiger partial charge in [0.05, 0.1) is 12.2 Å². The summed E-state index contributed by atoms with van der Waals surface area (Å²) in [6, 6.07) is 0.342. The monoisotopic (exact) mass is 288 g/mol. The molecule has 0 aromatic heterocycles. The molecule has 0 aliphatic heterocycles. The minimum absolute atomic E-state index is 0.0985. The summed E-state index contributed by atoms with van der Waals surface area (Å²) in [4.78, 5) is 11.7. The van der Waals surface area contributed by atoms with Gasteiger partial charge in [-0.05, 0) is 47.0 Å². The zero-order chi connectivity index (χ0) is 15.4. The first-order chi connectivity index (χ1) is 9.11. The van der Waals surface area contributed by atoms with Crippen LogP contribution in [-0.2, 0) is 4.74 Å². The van der Waals surface area contributed by atoms with Crippen LogP contribution in [-0.4, -0.2) is 52.7 Å². The van der Waals surface area contributed by atoms with Crippen LogP contribution >= 0.6 is 0 Å². The summed E-state index contributed by atoms with van der Waals surface area (Å²) in [7, 11) is 0. The van der Waals surface area contributed by atoms with Gasteiger partial charge in [-0.25, -0.2) is 4.79 Å². The minimum atomic E-state index is -1.10. The van der Waals surface area contributed by atoms with Gasteiger partial charge in [-0.2, -0.15) is 0 Å². The number of aliphatic hydroxyl groups is 2. The summed E-state index contributed by atoms with van der Waals surface area (Å²) < 4.78 is 5.22. The normalized spacial score (nSPS) is 26.1. The van der Waals surface area contributed by atoms with Gasteiger partial charge in [0.1, 0.15) is 5.60 Å². The second kappa shape index (κ2) is 6.74. The number of amides is 1. The molecule has 0 spiro atoms. The molecule has 1 amide bonds. The molecule has 0 aromatic rings. The van der Waals surface area contributed by atoms with Crippen molar-refractivity contribution in [1.82, 2.24) is 10.6 Å². The van der Waals surface area contributed by atoms with Gasteiger partial charge in [0.15, 0.2) is 0 Å². The number of hydrogen-bond donors (Lipinski definition) is 4. The van der Waals surface area contributed by atoms with Gasteiger partial charge >= 0.3 is 6.09 Å². The van der Waals surface area contributed by atoms with Gasteiger partial charge in [-0.3, -0.25) is 0 Å². The molecule has 1 aliphatic carbocycles. The molecular formula is C14H28N2O4. The van der Waals surface area contributed by atoms with E-state index in [1.807, 2.05) is 20.8 Å². The molecule has 0 bridgehead atoms. The number of alkyl carbamates (subject to hydrolysis) is 1. The lowest BCUT2D eigenvalue weighted by Gasteiger charge is -2.24. The van der Waals surface area contributed by atoms with E-state index in [0.717, 1.165) is 19.3 Å². The quantitative estimate of drug-likeness (QED) is 0.600. The zero-order valence-electron chi connectivity index (χ0n) is 12.9. The number of rotatable bonds is 5. The Morgan fingerprint density at radius 3 is 2.40 bits per heavy atom. The van der Waals surface area contributed by atoms with Crippen molar-refractivity contribution in [2.75, 3.05) is 13.2 Å². The molecule has 6 nitrogen and oxygen atoms in total. The molecule has 1 fully saturated rings. The van der Waals surface area contributed by atoms with Crippen LogP contribution < -0.4 is 10.6 Å². The Labute approximate surface area is 120 Å². The third kappa shape index (κ3) is 6.54. The Morgan fingerprint density at radius 1 is 1.25 bits per heavy atom. The molecule has 0 saturated heterocycles. The topological polar surface area (TPSA) is 90.8 Å². The average Bonchev–Trinajstić information content (AvgIpc) is 2.71. The van der Waals surface area contributed by atoms with Gasteiger partial charge in [0.25, 0.3) is 0 Å². The summed E-state index contributed by atoms with van der Waals surface area (Å²) in [5.74, 6) is 0. The van der Waals surface area contributed by atoms with Crippen LogP contribution in [0, 0.1) is 0 Å². The molecule has 1 aliphatic rings. The molecule has 4 N–H and O–H groups in total. The fraction of sp³-hybridized carbons (Fsp3) is 0.929. The van der Waals surface area contributed by atoms with Crippen LogP contribution in [0.25, 0.3) is 0 Å². The molecule has 3 unspecified atom stereocenters. The fourth-order valence-corrected chi connectivity index (χ4v) is 2.19. The summed E-state index contributed by atoms with van der Waals surface area (Å²) in [6.07, 6.45) is 2.24. The number of ether oxygens (including phenoxy) is 1. The predicted molar refractivity (Wildman–Crippen MR) is 76.5 cm³/mol. The fourth-order valence-electron chi connectivity index (χ4n) is 2.19. The smallest absolute Gasteiger partial charge is 0.407 e. The molecule has 20 heavy (non-hydrogen) atoms. The molecular weight excluding hydrogens is 260 g/mol. The number of carbonyl (C=O) groups excluding carboxylic acids is 1. The molecule has 0 radical (unpaired) electrons. The summed E-state index contributed by atoms with van der Waals surface area (Å²) >= 11 is 0. The van der Waals surface area contributed by atoms with Crippen molar-refractivity contribution >= 4 is 6.09 Å². The summed E-state index contributed by atoms with van der Waals surface area (Å²) in [5.41, 5.74) is -1.59. The van der Waals surface area contributed by atoms with E-state index in [4.69, 9.17) is 9.84 Å². The third-order valence-electron chi connectivity index (χ3n) is 3.27. The zero-order valence-corrected chi connectivity index (χ0v) is 12.9. The first-order valence-electron chi connectivity index (χ1n) is 7.17. The van der Waals surface area contributed by atoms with Crippen molar-refractivity contribution in [2.24, 2.45) is 0 Å². The van der Waals surface area contributed by atoms with Crippen LogP contribution in [0.15, 0.2) is 0 Å². The summed E-state index contributed by atoms with van der Waals surface area (Å²) in [5, 5.41) is 24.8. The standard InChI is InChI=1S/C14H28N2O4/c1-13(2,3)20-12(18)16-11-6-5-10(7-11)15-8-14(4,19)9-17/h10-11,15,17,19H,5-9H2,1-4H3,(H,16,18). The van der Waals surface area contributed by atoms with Crippen LogP contribution in [0.4, 0.5) is 4.79 Å². The van der Waals surface area contributed by atoms with Crippen LogP contribution in [0.5, 0.6) is 0 Å². The van der Waals surface area contributed by atoms with E-state index in [2.05, 4.69) is 10.6 Å². The Kier molecular flexibility index (Phi) is 5.79. The molecule has 1 saturated carbocycles. The minimum Gasteiger partial charge on any atom is -0.444 e. The lowest BCUT2D eigenvalue weighted by atomic mass is 10.1. The number of hydrogen-bond acceptors (Lipinski definition) is 5. The lowest BCUT2D eigenvalue weighted by Crippen LogP contribution is -2.45. The highest BCUT2D eigenvalue weighted by atomic mass is 16.6. The van der Waals surface area contributed by atoms with Gasteiger partial charge in [-0.15, -0.1) is 0 Å². The number of carbonyl (C=O) groups is 1. The second-order valence-electron chi connectivity index (χ2n) is 6.89. The highest BCUT2D eigenvalue weighted by Crippen LogP contribution is 2.20. The van der Waals surface area contributed by atoms with E-state index in [-0.39, 0.29) is 24.8 Å². The van der Waals surface area contributed by atoms with Crippen LogP contribution in [0.3, 0.4) is 0 Å². The third-order valence-corrected chi connectivity index (χ3v) is 3.27. The molecule has 6 heteroatoms. The number of aliphatic hydroxyl groups excluding tert-OH is 1. The highest BCUT2D eigenvalue weighted by Gasteiger charge is 2.29. The van der Waals surface area contributed by atoms with Crippen molar-refractivity contribution in [2.45, 2.75) is 70.2 Å². The Balaban J connectivity index is 2.28. The lowest BCUT2D eigenvalue weighted by molar-refractivity contribution is 0.000794. The molecule has 3 atom stereocenters. The van der Waals surface area contributed by atoms with Gasteiger partial charge in [0, 0.05) is 18.6 Å². The molecule has 0 aromatic carbocycles. The maximum atomic E-state index is 11.7. The van der Waals surface area contributed by atoms with Crippen molar-refractivity contribution in [3.8, 4) is 0 Å². The summed E-state index contributed by atoms with van der Waals surface area (Å²) in [6.45, 7) is 7.17. The van der Waals surface area contributed by atoms with E-state index in [9.17, 15) is 9.90 Å². The van der Waals surface area contributed by atoms with E-state index in [1.54, 1.807) is 6.92 Å². The SMILES string of the molecule is CC(O)(CO)CNC1CCC(NC(=O)OC(C)(C)C)C1. The Morgan fingerprint density at radius 2 is 1.85 bits per heavy atom. The second-order valence-corrected chi connectivity index (χ2v) is 6.89. The molecule has 0 heterocycles. The van der Waals surface area contributed by atoms with Crippen molar-refractivity contribution < 1.29 is 19.7 Å². The first-order valence-corrected chi connectivity index (χ1v) is 7.17. The molecule has 118 valence electrons. The Bertz CT molecular complexity index is 326. The van der Waals surface area contributed by atoms with Gasteiger partial charge < -0.3 is 25.6 Å². The maximum Gasteiger partial charge on any atom is 0.407 e. The number of nitrogens with one attached hydrogen (secondary N) is 2. The largest absolute Gasteiger partial charge is 0.444 e. The van der Waals surface area contributed by atoms with E-state index in [0.29, 0.717) is 6.54 Å². The van der Waals surface area contributed by atoms with Crippen LogP contribution in [0.1, 0.15) is 47.0 Å². The van der Waals surface area contributed by atoms with Crippen molar-refractivity contribution in [1.29, 1.82) is 0 Å². The van der Waals surface area contributed by atoms with Gasteiger partial charge in [0.2, 0.25) is 0 Å². The van der Waals surface area contributed by atoms with Crippen LogP contribution in [0.2, 0.25) is 0 Å². The van der Waals surface area contributed by atoms with E-state index >= 15 is 0 Å². The van der Waals surface area contributed by atoms with E-state index < -0.39 is 11.2 Å². The highest BCUT2D eigenvalue weighted by molar-refractivity contribution is 5.68. The van der Waals surface area contributed by atoms with Crippen molar-refractivity contribution in [3.63, 3.8) is 0 Å². The van der Waals surface area contributed by atoms with Gasteiger partial charge in [-0.1, -0.05) is 0 Å². The van der Waals surface area contributed by atoms with Crippen molar-refractivity contribution in [3.05, 3.63) is 0 Å². The predicted octanol–water partition coefficient (Wildman–Crippen LogP) is 0.765.